The highest BCUT2D eigenvalue weighted by atomic mass is 16.7. The summed E-state index contributed by atoms with van der Waals surface area (Å²) in [5, 5.41) is 0. The van der Waals surface area contributed by atoms with Crippen molar-refractivity contribution < 1.29 is 38.0 Å². The molecule has 2 heterocycles. The molecule has 1 fully saturated rings. The van der Waals surface area contributed by atoms with Crippen LogP contribution in [0.1, 0.15) is 17.2 Å². The number of methoxy groups -OCH3 is 2. The van der Waals surface area contributed by atoms with Crippen LogP contribution in [-0.4, -0.2) is 44.1 Å². The molecule has 0 bridgehead atoms. The van der Waals surface area contributed by atoms with Crippen LogP contribution in [0, 0.1) is 5.92 Å². The Morgan fingerprint density at radius 2 is 1.87 bits per heavy atom. The molecule has 0 aliphatic carbocycles. The Morgan fingerprint density at radius 1 is 1.07 bits per heavy atom. The van der Waals surface area contributed by atoms with Gasteiger partial charge in [0, 0.05) is 0 Å². The van der Waals surface area contributed by atoms with Crippen molar-refractivity contribution in [1.82, 2.24) is 0 Å². The molecule has 0 amide bonds. The number of cyclic esters (lactones) is 1. The van der Waals surface area contributed by atoms with E-state index in [4.69, 9.17) is 28.4 Å². The van der Waals surface area contributed by atoms with Gasteiger partial charge in [-0.25, -0.2) is 4.79 Å². The molecular weight excluding hydrogens is 392 g/mol. The van der Waals surface area contributed by atoms with E-state index in [-0.39, 0.29) is 25.7 Å². The largest absolute Gasteiger partial charge is 0.493 e. The molecule has 9 nitrogen and oxygen atoms in total. The highest BCUT2D eigenvalue weighted by Gasteiger charge is 2.49. The summed E-state index contributed by atoms with van der Waals surface area (Å²) in [4.78, 5) is 15.3. The number of benzene rings is 2. The first kappa shape index (κ1) is 19.8. The lowest BCUT2D eigenvalue weighted by molar-refractivity contribution is -0.140. The first-order valence-corrected chi connectivity index (χ1v) is 9.25. The van der Waals surface area contributed by atoms with Crippen LogP contribution in [0.3, 0.4) is 0 Å². The van der Waals surface area contributed by atoms with Crippen molar-refractivity contribution in [2.45, 2.75) is 12.7 Å². The van der Waals surface area contributed by atoms with Gasteiger partial charge in [-0.2, -0.15) is 4.79 Å². The van der Waals surface area contributed by atoms with Crippen molar-refractivity contribution in [3.63, 3.8) is 0 Å². The predicted molar refractivity (Wildman–Crippen MR) is 103 cm³/mol. The van der Waals surface area contributed by atoms with Gasteiger partial charge in [-0.15, -0.1) is 0 Å². The zero-order valence-electron chi connectivity index (χ0n) is 16.5. The zero-order valence-corrected chi connectivity index (χ0v) is 16.5. The minimum absolute atomic E-state index is 0.0787. The Hall–Kier alpha value is -3.55. The molecule has 0 N–H and O–H groups in total. The Bertz CT molecular complexity index is 1020. The van der Waals surface area contributed by atoms with Crippen molar-refractivity contribution in [3.05, 3.63) is 53.1 Å². The molecule has 0 aromatic heterocycles. The van der Waals surface area contributed by atoms with Crippen molar-refractivity contribution in [1.29, 1.82) is 0 Å². The third-order valence-corrected chi connectivity index (χ3v) is 5.01. The van der Waals surface area contributed by atoms with E-state index in [1.165, 1.54) is 0 Å². The minimum atomic E-state index is -0.681. The first-order chi connectivity index (χ1) is 14.6. The highest BCUT2D eigenvalue weighted by molar-refractivity contribution is 6.36. The summed E-state index contributed by atoms with van der Waals surface area (Å²) in [6, 6.07) is 10.7. The molecule has 0 unspecified atom stereocenters. The average molecular weight is 412 g/mol. The molecule has 0 saturated carbocycles. The van der Waals surface area contributed by atoms with E-state index in [0.29, 0.717) is 28.6 Å². The van der Waals surface area contributed by atoms with Crippen LogP contribution in [0.25, 0.3) is 5.53 Å². The first-order valence-electron chi connectivity index (χ1n) is 9.25. The molecule has 30 heavy (non-hydrogen) atoms. The van der Waals surface area contributed by atoms with Gasteiger partial charge in [-0.3, -0.25) is 0 Å². The fourth-order valence-electron chi connectivity index (χ4n) is 3.50. The van der Waals surface area contributed by atoms with E-state index in [9.17, 15) is 10.3 Å². The van der Waals surface area contributed by atoms with E-state index in [1.54, 1.807) is 38.5 Å². The number of hydrogen-bond acceptors (Lipinski definition) is 7. The molecule has 2 aliphatic heterocycles. The fraction of sp³-hybridized carbons (Fsp3) is 0.333. The maximum Gasteiger partial charge on any atom is 0.418 e. The highest BCUT2D eigenvalue weighted by Crippen LogP contribution is 2.39. The summed E-state index contributed by atoms with van der Waals surface area (Å²) in [6.07, 6.45) is -0.664. The lowest BCUT2D eigenvalue weighted by Gasteiger charge is -2.16. The standard InChI is InChI=1S/C21H20N2O7/c1-25-15-5-3-12(7-17(15)26-2)9-27-10-14-19(23-22)21(24)30-20(14)13-4-6-16-18(8-13)29-11-28-16/h3-8,14,20H,9-11H2,1-2H3/t14-,20+/m1/s1. The second-order valence-electron chi connectivity index (χ2n) is 6.73. The van der Waals surface area contributed by atoms with Crippen LogP contribution in [-0.2, 0) is 20.9 Å². The molecule has 0 radical (unpaired) electrons. The summed E-state index contributed by atoms with van der Waals surface area (Å²) in [5.74, 6) is 1.15. The predicted octanol–water partition coefficient (Wildman–Crippen LogP) is 2.53. The Labute approximate surface area is 172 Å². The number of rotatable bonds is 7. The number of fused-ring (bicyclic) bond motifs is 1. The van der Waals surface area contributed by atoms with Crippen LogP contribution in [0.15, 0.2) is 36.4 Å². The maximum atomic E-state index is 12.2. The van der Waals surface area contributed by atoms with Gasteiger partial charge in [0.25, 0.3) is 0 Å². The topological polar surface area (TPSA) is 109 Å². The number of nitrogens with zero attached hydrogens (tertiary/aromatic N) is 2. The third-order valence-electron chi connectivity index (χ3n) is 5.01. The molecule has 0 spiro atoms. The second-order valence-corrected chi connectivity index (χ2v) is 6.73. The maximum absolute atomic E-state index is 12.2. The summed E-state index contributed by atoms with van der Waals surface area (Å²) >= 11 is 0. The SMILES string of the molecule is COc1ccc(COC[C@@H]2C(=[N+]=[N-])C(=O)O[C@H]2c2ccc3c(c2)OCO3)cc1OC. The lowest BCUT2D eigenvalue weighted by Crippen LogP contribution is -2.23. The smallest absolute Gasteiger partial charge is 0.418 e. The minimum Gasteiger partial charge on any atom is -0.493 e. The van der Waals surface area contributed by atoms with E-state index in [1.807, 2.05) is 12.1 Å². The van der Waals surface area contributed by atoms with E-state index >= 15 is 0 Å². The van der Waals surface area contributed by atoms with Crippen molar-refractivity contribution >= 4 is 11.7 Å². The van der Waals surface area contributed by atoms with Crippen LogP contribution in [0.4, 0.5) is 0 Å². The monoisotopic (exact) mass is 412 g/mol. The molecule has 9 heteroatoms. The Kier molecular flexibility index (Phi) is 5.56. The van der Waals surface area contributed by atoms with E-state index < -0.39 is 18.0 Å². The number of esters is 1. The molecule has 1 saturated heterocycles. The van der Waals surface area contributed by atoms with Gasteiger partial charge < -0.3 is 34.0 Å². The quantitative estimate of drug-likeness (QED) is 0.390. The van der Waals surface area contributed by atoms with Crippen LogP contribution in [0.5, 0.6) is 23.0 Å². The van der Waals surface area contributed by atoms with Crippen LogP contribution < -0.4 is 18.9 Å². The zero-order chi connectivity index (χ0) is 21.1. The number of carbonyl (C=O) groups is 1. The number of carbonyl (C=O) groups excluding carboxylic acids is 1. The van der Waals surface area contributed by atoms with Crippen LogP contribution >= 0.6 is 0 Å². The van der Waals surface area contributed by atoms with Crippen molar-refractivity contribution in [2.24, 2.45) is 5.92 Å². The summed E-state index contributed by atoms with van der Waals surface area (Å²) in [5.41, 5.74) is 10.8. The molecule has 2 atom stereocenters. The third kappa shape index (κ3) is 3.68. The summed E-state index contributed by atoms with van der Waals surface area (Å²) in [6.45, 7) is 0.515. The lowest BCUT2D eigenvalue weighted by atomic mass is 9.94. The molecule has 2 aromatic carbocycles. The summed E-state index contributed by atoms with van der Waals surface area (Å²) in [7, 11) is 3.13. The Morgan fingerprint density at radius 3 is 2.63 bits per heavy atom. The van der Waals surface area contributed by atoms with Gasteiger partial charge in [-0.1, -0.05) is 12.1 Å². The van der Waals surface area contributed by atoms with Gasteiger partial charge >= 0.3 is 11.7 Å². The van der Waals surface area contributed by atoms with Gasteiger partial charge in [-0.05, 0) is 35.4 Å². The van der Waals surface area contributed by atoms with Gasteiger partial charge in [0.05, 0.1) is 27.4 Å². The Balaban J connectivity index is 1.49. The molecular formula is C21H20N2O7. The van der Waals surface area contributed by atoms with Crippen molar-refractivity contribution in [2.75, 3.05) is 27.6 Å². The van der Waals surface area contributed by atoms with Crippen LogP contribution in [0.2, 0.25) is 0 Å². The normalized spacial score (nSPS) is 19.4. The van der Waals surface area contributed by atoms with Crippen molar-refractivity contribution in [3.8, 4) is 23.0 Å². The molecule has 156 valence electrons. The van der Waals surface area contributed by atoms with E-state index in [2.05, 4.69) is 4.79 Å². The molecule has 2 aromatic rings. The fourth-order valence-corrected chi connectivity index (χ4v) is 3.50. The van der Waals surface area contributed by atoms with Gasteiger partial charge in [0.2, 0.25) is 6.79 Å². The number of hydrogen-bond donors (Lipinski definition) is 0. The number of ether oxygens (including phenoxy) is 6. The van der Waals surface area contributed by atoms with E-state index in [0.717, 1.165) is 5.56 Å². The second kappa shape index (κ2) is 8.44. The summed E-state index contributed by atoms with van der Waals surface area (Å²) < 4.78 is 32.5. The molecule has 4 rings (SSSR count). The van der Waals surface area contributed by atoms with Gasteiger partial charge in [0.1, 0.15) is 12.0 Å². The molecule has 2 aliphatic rings. The average Bonchev–Trinajstić information content (AvgIpc) is 3.36. The van der Waals surface area contributed by atoms with Gasteiger partial charge in [0.15, 0.2) is 23.0 Å².